The molecule has 62 valence electrons. The maximum Gasteiger partial charge on any atom is 0.0446 e. The molecule has 0 aliphatic carbocycles. The molecule has 0 fully saturated rings. The lowest BCUT2D eigenvalue weighted by Gasteiger charge is -2.15. The lowest BCUT2D eigenvalue weighted by atomic mass is 10.1. The summed E-state index contributed by atoms with van der Waals surface area (Å²) in [7, 11) is 0. The molecular formula is C10H10BrN. The van der Waals surface area contributed by atoms with E-state index in [0.717, 1.165) is 11.0 Å². The SMILES string of the molecule is Cc1cc(Br)cc2c1NCC=C2. The van der Waals surface area contributed by atoms with E-state index >= 15 is 0 Å². The quantitative estimate of drug-likeness (QED) is 0.713. The van der Waals surface area contributed by atoms with E-state index in [1.807, 2.05) is 0 Å². The molecule has 1 nitrogen and oxygen atoms in total. The van der Waals surface area contributed by atoms with Gasteiger partial charge < -0.3 is 5.32 Å². The second kappa shape index (κ2) is 2.94. The van der Waals surface area contributed by atoms with E-state index in [2.05, 4.69) is 52.5 Å². The molecule has 1 heterocycles. The van der Waals surface area contributed by atoms with Gasteiger partial charge in [0.05, 0.1) is 0 Å². The number of nitrogens with one attached hydrogen (secondary N) is 1. The monoisotopic (exact) mass is 223 g/mol. The average molecular weight is 224 g/mol. The third kappa shape index (κ3) is 1.27. The Labute approximate surface area is 80.6 Å². The maximum absolute atomic E-state index is 3.48. The second-order valence-corrected chi connectivity index (χ2v) is 3.89. The fraction of sp³-hybridized carbons (Fsp3) is 0.200. The van der Waals surface area contributed by atoms with Crippen molar-refractivity contribution in [1.29, 1.82) is 0 Å². The Balaban J connectivity index is 2.62. The Morgan fingerprint density at radius 1 is 1.42 bits per heavy atom. The Morgan fingerprint density at radius 2 is 2.25 bits per heavy atom. The minimum atomic E-state index is 0.940. The third-order valence-corrected chi connectivity index (χ3v) is 2.48. The minimum Gasteiger partial charge on any atom is -0.381 e. The Kier molecular flexibility index (Phi) is 1.93. The lowest BCUT2D eigenvalue weighted by Crippen LogP contribution is -2.05. The molecule has 0 radical (unpaired) electrons. The largest absolute Gasteiger partial charge is 0.381 e. The first-order valence-electron chi connectivity index (χ1n) is 3.98. The van der Waals surface area contributed by atoms with E-state index in [1.165, 1.54) is 16.8 Å². The number of anilines is 1. The van der Waals surface area contributed by atoms with Gasteiger partial charge in [-0.15, -0.1) is 0 Å². The van der Waals surface area contributed by atoms with Crippen molar-refractivity contribution in [3.05, 3.63) is 33.8 Å². The zero-order chi connectivity index (χ0) is 8.55. The summed E-state index contributed by atoms with van der Waals surface area (Å²) >= 11 is 3.48. The van der Waals surface area contributed by atoms with Crippen LogP contribution in [-0.4, -0.2) is 6.54 Å². The summed E-state index contributed by atoms with van der Waals surface area (Å²) in [6.45, 7) is 3.06. The second-order valence-electron chi connectivity index (χ2n) is 2.97. The molecule has 1 aliphatic rings. The highest BCUT2D eigenvalue weighted by atomic mass is 79.9. The van der Waals surface area contributed by atoms with Gasteiger partial charge in [0.2, 0.25) is 0 Å². The van der Waals surface area contributed by atoms with E-state index in [1.54, 1.807) is 0 Å². The number of rotatable bonds is 0. The summed E-state index contributed by atoms with van der Waals surface area (Å²) in [4.78, 5) is 0. The molecule has 0 spiro atoms. The highest BCUT2D eigenvalue weighted by molar-refractivity contribution is 9.10. The van der Waals surface area contributed by atoms with Crippen LogP contribution in [-0.2, 0) is 0 Å². The van der Waals surface area contributed by atoms with Crippen molar-refractivity contribution in [3.8, 4) is 0 Å². The standard InChI is InChI=1S/C10H10BrN/c1-7-5-9(11)6-8-3-2-4-12-10(7)8/h2-3,5-6,12H,4H2,1H3. The normalized spacial score (nSPS) is 13.8. The summed E-state index contributed by atoms with van der Waals surface area (Å²) in [5.74, 6) is 0. The summed E-state index contributed by atoms with van der Waals surface area (Å²) in [5, 5.41) is 3.35. The number of hydrogen-bond donors (Lipinski definition) is 1. The highest BCUT2D eigenvalue weighted by Gasteiger charge is 2.06. The number of fused-ring (bicyclic) bond motifs is 1. The van der Waals surface area contributed by atoms with Crippen LogP contribution in [0.5, 0.6) is 0 Å². The van der Waals surface area contributed by atoms with Crippen LogP contribution in [0.25, 0.3) is 6.08 Å². The molecule has 0 atom stereocenters. The molecule has 1 aromatic rings. The summed E-state index contributed by atoms with van der Waals surface area (Å²) in [6, 6.07) is 4.26. The van der Waals surface area contributed by atoms with E-state index in [0.29, 0.717) is 0 Å². The first-order valence-corrected chi connectivity index (χ1v) is 4.77. The third-order valence-electron chi connectivity index (χ3n) is 2.02. The Bertz CT molecular complexity index is 342. The van der Waals surface area contributed by atoms with Crippen LogP contribution in [0, 0.1) is 6.92 Å². The first-order chi connectivity index (χ1) is 5.77. The molecule has 0 amide bonds. The zero-order valence-electron chi connectivity index (χ0n) is 6.89. The van der Waals surface area contributed by atoms with Gasteiger partial charge in [0, 0.05) is 16.7 Å². The molecule has 0 saturated carbocycles. The Morgan fingerprint density at radius 3 is 3.08 bits per heavy atom. The molecule has 0 saturated heterocycles. The summed E-state index contributed by atoms with van der Waals surface area (Å²) in [6.07, 6.45) is 4.29. The first kappa shape index (κ1) is 7.87. The van der Waals surface area contributed by atoms with Gasteiger partial charge in [-0.2, -0.15) is 0 Å². The van der Waals surface area contributed by atoms with E-state index < -0.39 is 0 Å². The molecule has 0 aromatic heterocycles. The average Bonchev–Trinajstić information content (AvgIpc) is 2.04. The van der Waals surface area contributed by atoms with Gasteiger partial charge in [0.15, 0.2) is 0 Å². The summed E-state index contributed by atoms with van der Waals surface area (Å²) in [5.41, 5.74) is 3.83. The molecule has 1 N–H and O–H groups in total. The lowest BCUT2D eigenvalue weighted by molar-refractivity contribution is 1.27. The maximum atomic E-state index is 3.48. The van der Waals surface area contributed by atoms with E-state index in [4.69, 9.17) is 0 Å². The van der Waals surface area contributed by atoms with Gasteiger partial charge in [0.25, 0.3) is 0 Å². The van der Waals surface area contributed by atoms with Gasteiger partial charge in [0.1, 0.15) is 0 Å². The van der Waals surface area contributed by atoms with Gasteiger partial charge in [-0.1, -0.05) is 28.1 Å². The molecule has 2 rings (SSSR count). The van der Waals surface area contributed by atoms with E-state index in [-0.39, 0.29) is 0 Å². The van der Waals surface area contributed by atoms with Gasteiger partial charge in [-0.3, -0.25) is 0 Å². The van der Waals surface area contributed by atoms with Gasteiger partial charge in [-0.05, 0) is 30.2 Å². The number of hydrogen-bond acceptors (Lipinski definition) is 1. The zero-order valence-corrected chi connectivity index (χ0v) is 8.48. The van der Waals surface area contributed by atoms with Crippen LogP contribution < -0.4 is 5.32 Å². The van der Waals surface area contributed by atoms with Crippen LogP contribution in [0.3, 0.4) is 0 Å². The minimum absolute atomic E-state index is 0.940. The van der Waals surface area contributed by atoms with Crippen molar-refractivity contribution in [1.82, 2.24) is 0 Å². The number of halogens is 1. The fourth-order valence-electron chi connectivity index (χ4n) is 1.49. The highest BCUT2D eigenvalue weighted by Crippen LogP contribution is 2.28. The summed E-state index contributed by atoms with van der Waals surface area (Å²) < 4.78 is 1.15. The smallest absolute Gasteiger partial charge is 0.0446 e. The fourth-order valence-corrected chi connectivity index (χ4v) is 2.08. The number of aryl methyl sites for hydroxylation is 1. The van der Waals surface area contributed by atoms with Crippen LogP contribution in [0.1, 0.15) is 11.1 Å². The van der Waals surface area contributed by atoms with Crippen molar-refractivity contribution in [3.63, 3.8) is 0 Å². The van der Waals surface area contributed by atoms with Crippen LogP contribution in [0.4, 0.5) is 5.69 Å². The van der Waals surface area contributed by atoms with Crippen molar-refractivity contribution in [2.24, 2.45) is 0 Å². The number of benzene rings is 1. The topological polar surface area (TPSA) is 12.0 Å². The molecule has 1 aliphatic heterocycles. The van der Waals surface area contributed by atoms with Crippen molar-refractivity contribution < 1.29 is 0 Å². The molecule has 1 aromatic carbocycles. The molecule has 0 bridgehead atoms. The Hall–Kier alpha value is -0.760. The van der Waals surface area contributed by atoms with Gasteiger partial charge >= 0.3 is 0 Å². The molecule has 0 unspecified atom stereocenters. The van der Waals surface area contributed by atoms with Crippen LogP contribution in [0.15, 0.2) is 22.7 Å². The predicted molar refractivity (Wildman–Crippen MR) is 56.4 cm³/mol. The molecular weight excluding hydrogens is 214 g/mol. The van der Waals surface area contributed by atoms with E-state index in [9.17, 15) is 0 Å². The molecule has 12 heavy (non-hydrogen) atoms. The van der Waals surface area contributed by atoms with Crippen molar-refractivity contribution >= 4 is 27.7 Å². The van der Waals surface area contributed by atoms with Crippen molar-refractivity contribution in [2.75, 3.05) is 11.9 Å². The van der Waals surface area contributed by atoms with Crippen LogP contribution in [0.2, 0.25) is 0 Å². The van der Waals surface area contributed by atoms with Crippen LogP contribution >= 0.6 is 15.9 Å². The predicted octanol–water partition coefficient (Wildman–Crippen LogP) is 3.20. The molecule has 2 heteroatoms. The van der Waals surface area contributed by atoms with Gasteiger partial charge in [-0.25, -0.2) is 0 Å². The van der Waals surface area contributed by atoms with Crippen molar-refractivity contribution in [2.45, 2.75) is 6.92 Å².